The third-order valence-corrected chi connectivity index (χ3v) is 6.09. The molecule has 2 aliphatic rings. The van der Waals surface area contributed by atoms with Crippen molar-refractivity contribution < 1.29 is 24.2 Å². The van der Waals surface area contributed by atoms with E-state index in [4.69, 9.17) is 4.74 Å². The van der Waals surface area contributed by atoms with Crippen molar-refractivity contribution in [2.75, 3.05) is 13.2 Å². The molecule has 1 N–H and O–H groups in total. The van der Waals surface area contributed by atoms with Crippen molar-refractivity contribution in [3.8, 4) is 5.75 Å². The zero-order chi connectivity index (χ0) is 20.1. The van der Waals surface area contributed by atoms with Crippen LogP contribution in [-0.2, 0) is 9.59 Å². The molecule has 1 aromatic carbocycles. The lowest BCUT2D eigenvalue weighted by Gasteiger charge is -2.45. The molecule has 3 rings (SSSR count). The predicted octanol–water partition coefficient (Wildman–Crippen LogP) is 3.68. The molecule has 1 aliphatic carbocycles. The zero-order valence-electron chi connectivity index (χ0n) is 16.5. The quantitative estimate of drug-likeness (QED) is 0.516. The van der Waals surface area contributed by atoms with Gasteiger partial charge in [0.2, 0.25) is 5.91 Å². The Morgan fingerprint density at radius 1 is 1.18 bits per heavy atom. The summed E-state index contributed by atoms with van der Waals surface area (Å²) in [5.74, 6) is -0.305. The molecule has 0 radical (unpaired) electrons. The van der Waals surface area contributed by atoms with E-state index in [1.165, 1.54) is 0 Å². The number of hydrogen-bond acceptors (Lipinski definition) is 4. The highest BCUT2D eigenvalue weighted by atomic mass is 16.5. The highest BCUT2D eigenvalue weighted by molar-refractivity contribution is 5.95. The standard InChI is InChI=1S/C22H29NO5/c1-2-19(24)16-7-9-18(10-8-16)28-13-4-3-6-20(25)23-15-17(21(26)27)14-22(23)11-5-12-22/h7-10,17H,2-6,11-15H2,1H3,(H,26,27). The number of aliphatic carboxylic acids is 1. The Hall–Kier alpha value is -2.37. The molecule has 0 aromatic heterocycles. The number of rotatable bonds is 9. The van der Waals surface area contributed by atoms with Crippen LogP contribution in [0.5, 0.6) is 5.75 Å². The van der Waals surface area contributed by atoms with E-state index < -0.39 is 11.9 Å². The number of carbonyl (C=O) groups is 3. The summed E-state index contributed by atoms with van der Waals surface area (Å²) in [6, 6.07) is 7.14. The van der Waals surface area contributed by atoms with Gasteiger partial charge in [-0.15, -0.1) is 0 Å². The molecule has 1 aliphatic heterocycles. The number of nitrogens with zero attached hydrogens (tertiary/aromatic N) is 1. The molecule has 1 aromatic rings. The average molecular weight is 387 g/mol. The second kappa shape index (κ2) is 8.76. The van der Waals surface area contributed by atoms with Crippen LogP contribution in [0.2, 0.25) is 0 Å². The topological polar surface area (TPSA) is 83.9 Å². The summed E-state index contributed by atoms with van der Waals surface area (Å²) in [7, 11) is 0. The van der Waals surface area contributed by atoms with Crippen molar-refractivity contribution >= 4 is 17.7 Å². The van der Waals surface area contributed by atoms with Crippen molar-refractivity contribution in [3.05, 3.63) is 29.8 Å². The van der Waals surface area contributed by atoms with Gasteiger partial charge in [0.25, 0.3) is 0 Å². The van der Waals surface area contributed by atoms with Gasteiger partial charge in [0, 0.05) is 30.5 Å². The van der Waals surface area contributed by atoms with E-state index >= 15 is 0 Å². The van der Waals surface area contributed by atoms with Gasteiger partial charge in [-0.1, -0.05) is 6.92 Å². The molecule has 6 nitrogen and oxygen atoms in total. The lowest BCUT2D eigenvalue weighted by atomic mass is 9.73. The van der Waals surface area contributed by atoms with Gasteiger partial charge in [0.05, 0.1) is 12.5 Å². The van der Waals surface area contributed by atoms with Crippen molar-refractivity contribution in [3.63, 3.8) is 0 Å². The Kier molecular flexibility index (Phi) is 6.37. The normalized spacial score (nSPS) is 20.0. The average Bonchev–Trinajstić information content (AvgIpc) is 3.09. The lowest BCUT2D eigenvalue weighted by molar-refractivity contribution is -0.141. The highest BCUT2D eigenvalue weighted by Gasteiger charge is 2.52. The van der Waals surface area contributed by atoms with Gasteiger partial charge in [-0.25, -0.2) is 0 Å². The summed E-state index contributed by atoms with van der Waals surface area (Å²) in [4.78, 5) is 37.4. The molecular weight excluding hydrogens is 358 g/mol. The minimum Gasteiger partial charge on any atom is -0.494 e. The van der Waals surface area contributed by atoms with Gasteiger partial charge in [-0.3, -0.25) is 14.4 Å². The van der Waals surface area contributed by atoms with Gasteiger partial charge < -0.3 is 14.7 Å². The van der Waals surface area contributed by atoms with Crippen molar-refractivity contribution in [2.45, 2.75) is 63.8 Å². The lowest BCUT2D eigenvalue weighted by Crippen LogP contribution is -2.51. The van der Waals surface area contributed by atoms with Crippen LogP contribution >= 0.6 is 0 Å². The van der Waals surface area contributed by atoms with E-state index in [2.05, 4.69) is 0 Å². The first-order valence-electron chi connectivity index (χ1n) is 10.2. The molecule has 6 heteroatoms. The highest BCUT2D eigenvalue weighted by Crippen LogP contribution is 2.47. The molecular formula is C22H29NO5. The Morgan fingerprint density at radius 2 is 1.89 bits per heavy atom. The molecule has 0 bridgehead atoms. The molecule has 1 saturated heterocycles. The van der Waals surface area contributed by atoms with Gasteiger partial charge in [0.1, 0.15) is 5.75 Å². The van der Waals surface area contributed by atoms with Crippen molar-refractivity contribution in [1.29, 1.82) is 0 Å². The van der Waals surface area contributed by atoms with Crippen LogP contribution in [0.4, 0.5) is 0 Å². The second-order valence-corrected chi connectivity index (χ2v) is 7.93. The Bertz CT molecular complexity index is 723. The molecule has 1 unspecified atom stereocenters. The molecule has 1 amide bonds. The molecule has 152 valence electrons. The first kappa shape index (κ1) is 20.4. The number of ketones is 1. The van der Waals surface area contributed by atoms with Crippen LogP contribution in [0.1, 0.15) is 68.6 Å². The molecule has 28 heavy (non-hydrogen) atoms. The number of likely N-dealkylation sites (tertiary alicyclic amines) is 1. The molecule has 1 saturated carbocycles. The first-order valence-corrected chi connectivity index (χ1v) is 10.2. The van der Waals surface area contributed by atoms with Gasteiger partial charge in [-0.05, 0) is 62.8 Å². The van der Waals surface area contributed by atoms with E-state index in [1.54, 1.807) is 24.3 Å². The van der Waals surface area contributed by atoms with Gasteiger partial charge >= 0.3 is 5.97 Å². The van der Waals surface area contributed by atoms with E-state index in [9.17, 15) is 19.5 Å². The molecule has 1 heterocycles. The second-order valence-electron chi connectivity index (χ2n) is 7.93. The maximum Gasteiger partial charge on any atom is 0.308 e. The van der Waals surface area contributed by atoms with Crippen LogP contribution in [0.25, 0.3) is 0 Å². The van der Waals surface area contributed by atoms with Gasteiger partial charge in [-0.2, -0.15) is 0 Å². The maximum absolute atomic E-state index is 12.6. The minimum absolute atomic E-state index is 0.0749. The number of benzene rings is 1. The Morgan fingerprint density at radius 3 is 2.46 bits per heavy atom. The first-order chi connectivity index (χ1) is 13.4. The number of Topliss-reactive ketones (excluding diaryl/α,β-unsaturated/α-hetero) is 1. The monoisotopic (exact) mass is 387 g/mol. The van der Waals surface area contributed by atoms with Crippen LogP contribution in [0, 0.1) is 5.92 Å². The van der Waals surface area contributed by atoms with Crippen LogP contribution in [0.15, 0.2) is 24.3 Å². The van der Waals surface area contributed by atoms with E-state index in [-0.39, 0.29) is 17.2 Å². The number of carbonyl (C=O) groups excluding carboxylic acids is 2. The molecule has 1 spiro atoms. The minimum atomic E-state index is -0.790. The van der Waals surface area contributed by atoms with Crippen molar-refractivity contribution in [1.82, 2.24) is 4.90 Å². The van der Waals surface area contributed by atoms with Crippen LogP contribution in [0.3, 0.4) is 0 Å². The maximum atomic E-state index is 12.6. The van der Waals surface area contributed by atoms with Crippen LogP contribution < -0.4 is 4.74 Å². The number of amides is 1. The largest absolute Gasteiger partial charge is 0.494 e. The zero-order valence-corrected chi connectivity index (χ0v) is 16.5. The van der Waals surface area contributed by atoms with E-state index in [0.29, 0.717) is 38.0 Å². The smallest absolute Gasteiger partial charge is 0.308 e. The number of ether oxygens (including phenoxy) is 1. The Balaban J connectivity index is 1.40. The number of carboxylic acid groups (broad SMARTS) is 1. The number of unbranched alkanes of at least 4 members (excludes halogenated alkanes) is 1. The fraction of sp³-hybridized carbons (Fsp3) is 0.591. The summed E-state index contributed by atoms with van der Waals surface area (Å²) in [5.41, 5.74) is 0.504. The number of carboxylic acids is 1. The Labute approximate surface area is 165 Å². The third-order valence-electron chi connectivity index (χ3n) is 6.09. The summed E-state index contributed by atoms with van der Waals surface area (Å²) in [6.07, 6.45) is 5.94. The summed E-state index contributed by atoms with van der Waals surface area (Å²) >= 11 is 0. The number of hydrogen-bond donors (Lipinski definition) is 1. The van der Waals surface area contributed by atoms with E-state index in [0.717, 1.165) is 37.9 Å². The fourth-order valence-electron chi connectivity index (χ4n) is 4.28. The summed E-state index contributed by atoms with van der Waals surface area (Å²) in [6.45, 7) is 2.70. The van der Waals surface area contributed by atoms with Crippen molar-refractivity contribution in [2.24, 2.45) is 5.92 Å². The fourth-order valence-corrected chi connectivity index (χ4v) is 4.28. The molecule has 2 fully saturated rings. The van der Waals surface area contributed by atoms with Crippen LogP contribution in [-0.4, -0.2) is 46.4 Å². The SMILES string of the molecule is CCC(=O)c1ccc(OCCCCC(=O)N2CC(C(=O)O)CC23CCC3)cc1. The van der Waals surface area contributed by atoms with E-state index in [1.807, 2.05) is 11.8 Å². The summed E-state index contributed by atoms with van der Waals surface area (Å²) < 4.78 is 5.69. The third kappa shape index (κ3) is 4.37. The predicted molar refractivity (Wildman–Crippen MR) is 104 cm³/mol. The van der Waals surface area contributed by atoms with Gasteiger partial charge in [0.15, 0.2) is 5.78 Å². The summed E-state index contributed by atoms with van der Waals surface area (Å²) in [5, 5.41) is 9.31. The molecule has 1 atom stereocenters.